The smallest absolute Gasteiger partial charge is 0.134 e. The van der Waals surface area contributed by atoms with Gasteiger partial charge in [-0.05, 0) is 20.8 Å². The van der Waals surface area contributed by atoms with E-state index in [1.165, 1.54) is 6.33 Å². The fourth-order valence-corrected chi connectivity index (χ4v) is 2.36. The number of anilines is 2. The molecule has 2 atom stereocenters. The average molecular weight is 256 g/mol. The Morgan fingerprint density at radius 2 is 2.06 bits per heavy atom. The van der Waals surface area contributed by atoms with Crippen LogP contribution in [0.15, 0.2) is 6.33 Å². The van der Waals surface area contributed by atoms with Crippen LogP contribution in [0.4, 0.5) is 11.6 Å². The monoisotopic (exact) mass is 256 g/mol. The number of hydrogen-bond acceptors (Lipinski definition) is 5. The molecule has 0 aliphatic rings. The SMILES string of the molecule is CCNc1ncnc(NC(C)CS(C)=O)c1C. The van der Waals surface area contributed by atoms with Crippen molar-refractivity contribution < 1.29 is 4.21 Å². The van der Waals surface area contributed by atoms with Crippen molar-refractivity contribution in [3.63, 3.8) is 0 Å². The van der Waals surface area contributed by atoms with Gasteiger partial charge in [-0.3, -0.25) is 4.21 Å². The van der Waals surface area contributed by atoms with Crippen LogP contribution in [0.3, 0.4) is 0 Å². The molecule has 1 rings (SSSR count). The Kier molecular flexibility index (Phi) is 5.34. The summed E-state index contributed by atoms with van der Waals surface area (Å²) in [5.41, 5.74) is 0.989. The van der Waals surface area contributed by atoms with E-state index >= 15 is 0 Å². The third-order valence-corrected chi connectivity index (χ3v) is 3.27. The van der Waals surface area contributed by atoms with Gasteiger partial charge in [-0.15, -0.1) is 0 Å². The fourth-order valence-electron chi connectivity index (χ4n) is 1.57. The van der Waals surface area contributed by atoms with Gasteiger partial charge in [-0.1, -0.05) is 0 Å². The summed E-state index contributed by atoms with van der Waals surface area (Å²) in [5, 5.41) is 6.44. The lowest BCUT2D eigenvalue weighted by atomic mass is 10.3. The summed E-state index contributed by atoms with van der Waals surface area (Å²) in [5.74, 6) is 2.25. The molecule has 0 spiro atoms. The largest absolute Gasteiger partial charge is 0.370 e. The highest BCUT2D eigenvalue weighted by atomic mass is 32.2. The Bertz CT molecular complexity index is 397. The maximum Gasteiger partial charge on any atom is 0.134 e. The van der Waals surface area contributed by atoms with Crippen molar-refractivity contribution in [2.24, 2.45) is 0 Å². The molecule has 2 N–H and O–H groups in total. The first-order valence-corrected chi connectivity index (χ1v) is 7.39. The van der Waals surface area contributed by atoms with Gasteiger partial charge in [0.05, 0.1) is 0 Å². The third-order valence-electron chi connectivity index (χ3n) is 2.30. The lowest BCUT2D eigenvalue weighted by Gasteiger charge is -2.16. The molecule has 17 heavy (non-hydrogen) atoms. The molecule has 5 nitrogen and oxygen atoms in total. The van der Waals surface area contributed by atoms with Crippen LogP contribution in [0.25, 0.3) is 0 Å². The quantitative estimate of drug-likeness (QED) is 0.805. The van der Waals surface area contributed by atoms with Crippen LogP contribution in [-0.2, 0) is 10.8 Å². The highest BCUT2D eigenvalue weighted by molar-refractivity contribution is 7.84. The van der Waals surface area contributed by atoms with Crippen LogP contribution in [-0.4, -0.2) is 38.8 Å². The van der Waals surface area contributed by atoms with Gasteiger partial charge in [-0.25, -0.2) is 9.97 Å². The van der Waals surface area contributed by atoms with Gasteiger partial charge < -0.3 is 10.6 Å². The predicted octanol–water partition coefficient (Wildman–Crippen LogP) is 1.40. The summed E-state index contributed by atoms with van der Waals surface area (Å²) < 4.78 is 11.1. The van der Waals surface area contributed by atoms with Gasteiger partial charge in [0.2, 0.25) is 0 Å². The van der Waals surface area contributed by atoms with Gasteiger partial charge in [0.25, 0.3) is 0 Å². The molecule has 96 valence electrons. The van der Waals surface area contributed by atoms with E-state index in [9.17, 15) is 4.21 Å². The van der Waals surface area contributed by atoms with Crippen molar-refractivity contribution in [2.75, 3.05) is 29.2 Å². The number of nitrogens with one attached hydrogen (secondary N) is 2. The molecule has 0 aliphatic heterocycles. The summed E-state index contributed by atoms with van der Waals surface area (Å²) in [6.07, 6.45) is 3.23. The second-order valence-electron chi connectivity index (χ2n) is 4.01. The average Bonchev–Trinajstić information content (AvgIpc) is 2.23. The zero-order chi connectivity index (χ0) is 12.8. The summed E-state index contributed by atoms with van der Waals surface area (Å²) in [6.45, 7) is 6.81. The third kappa shape index (κ3) is 4.30. The zero-order valence-corrected chi connectivity index (χ0v) is 11.6. The van der Waals surface area contributed by atoms with E-state index in [0.717, 1.165) is 23.7 Å². The van der Waals surface area contributed by atoms with Crippen LogP contribution in [0, 0.1) is 6.92 Å². The van der Waals surface area contributed by atoms with Crippen molar-refractivity contribution in [2.45, 2.75) is 26.8 Å². The van der Waals surface area contributed by atoms with E-state index in [4.69, 9.17) is 0 Å². The lowest BCUT2D eigenvalue weighted by Crippen LogP contribution is -2.23. The zero-order valence-electron chi connectivity index (χ0n) is 10.8. The molecule has 0 fully saturated rings. The summed E-state index contributed by atoms with van der Waals surface area (Å²) >= 11 is 0. The Morgan fingerprint density at radius 1 is 1.41 bits per heavy atom. The highest BCUT2D eigenvalue weighted by Gasteiger charge is 2.10. The van der Waals surface area contributed by atoms with E-state index in [2.05, 4.69) is 20.6 Å². The second kappa shape index (κ2) is 6.54. The van der Waals surface area contributed by atoms with Gasteiger partial charge in [0.15, 0.2) is 0 Å². The molecule has 1 heterocycles. The molecule has 0 amide bonds. The van der Waals surface area contributed by atoms with Crippen molar-refractivity contribution >= 4 is 22.4 Å². The Balaban J connectivity index is 2.77. The van der Waals surface area contributed by atoms with E-state index in [-0.39, 0.29) is 6.04 Å². The van der Waals surface area contributed by atoms with Crippen LogP contribution in [0.2, 0.25) is 0 Å². The molecule has 0 radical (unpaired) electrons. The maximum atomic E-state index is 11.1. The van der Waals surface area contributed by atoms with Crippen LogP contribution in [0.5, 0.6) is 0 Å². The Labute approximate surface area is 105 Å². The molecule has 0 saturated carbocycles. The molecule has 0 aliphatic carbocycles. The first-order chi connectivity index (χ1) is 8.04. The van der Waals surface area contributed by atoms with Crippen molar-refractivity contribution in [1.82, 2.24) is 9.97 Å². The molecule has 0 saturated heterocycles. The van der Waals surface area contributed by atoms with E-state index < -0.39 is 10.8 Å². The molecular weight excluding hydrogens is 236 g/mol. The number of hydrogen-bond donors (Lipinski definition) is 2. The maximum absolute atomic E-state index is 11.1. The number of aromatic nitrogens is 2. The molecule has 0 bridgehead atoms. The molecule has 0 aromatic carbocycles. The van der Waals surface area contributed by atoms with E-state index in [1.54, 1.807) is 6.26 Å². The van der Waals surface area contributed by atoms with Crippen LogP contribution in [0.1, 0.15) is 19.4 Å². The number of rotatable bonds is 6. The van der Waals surface area contributed by atoms with Crippen molar-refractivity contribution in [3.8, 4) is 0 Å². The highest BCUT2D eigenvalue weighted by Crippen LogP contribution is 2.18. The van der Waals surface area contributed by atoms with Gasteiger partial charge in [-0.2, -0.15) is 0 Å². The minimum atomic E-state index is -0.806. The minimum Gasteiger partial charge on any atom is -0.370 e. The number of nitrogens with zero attached hydrogens (tertiary/aromatic N) is 2. The summed E-state index contributed by atoms with van der Waals surface area (Å²) in [7, 11) is -0.806. The Hall–Kier alpha value is -1.17. The standard InChI is InChI=1S/C11H20N4OS/c1-5-12-10-9(3)11(14-7-13-10)15-8(2)6-17(4)16/h7-8H,5-6H2,1-4H3,(H2,12,13,14,15). The topological polar surface area (TPSA) is 66.9 Å². The van der Waals surface area contributed by atoms with E-state index in [0.29, 0.717) is 5.75 Å². The van der Waals surface area contributed by atoms with Crippen LogP contribution < -0.4 is 10.6 Å². The molecule has 2 unspecified atom stereocenters. The fraction of sp³-hybridized carbons (Fsp3) is 0.636. The molecule has 1 aromatic rings. The Morgan fingerprint density at radius 3 is 2.65 bits per heavy atom. The van der Waals surface area contributed by atoms with Gasteiger partial charge in [0.1, 0.15) is 18.0 Å². The van der Waals surface area contributed by atoms with Gasteiger partial charge >= 0.3 is 0 Å². The molecular formula is C11H20N4OS. The minimum absolute atomic E-state index is 0.129. The summed E-state index contributed by atoms with van der Waals surface area (Å²) in [6, 6.07) is 0.129. The van der Waals surface area contributed by atoms with Gasteiger partial charge in [0, 0.05) is 41.0 Å². The van der Waals surface area contributed by atoms with Crippen molar-refractivity contribution in [3.05, 3.63) is 11.9 Å². The normalized spacial score (nSPS) is 14.1. The van der Waals surface area contributed by atoms with Crippen molar-refractivity contribution in [1.29, 1.82) is 0 Å². The molecule has 1 aromatic heterocycles. The molecule has 6 heteroatoms. The predicted molar refractivity (Wildman–Crippen MR) is 73.0 cm³/mol. The lowest BCUT2D eigenvalue weighted by molar-refractivity contribution is 0.682. The first-order valence-electron chi connectivity index (χ1n) is 5.66. The first kappa shape index (κ1) is 13.9. The van der Waals surface area contributed by atoms with E-state index in [1.807, 2.05) is 20.8 Å². The van der Waals surface area contributed by atoms with Crippen LogP contribution >= 0.6 is 0 Å². The second-order valence-corrected chi connectivity index (χ2v) is 5.49. The summed E-state index contributed by atoms with van der Waals surface area (Å²) in [4.78, 5) is 8.38.